The Bertz CT molecular complexity index is 502. The number of hydrogen-bond donors (Lipinski definition) is 1. The van der Waals surface area contributed by atoms with Crippen molar-refractivity contribution in [3.8, 4) is 0 Å². The summed E-state index contributed by atoms with van der Waals surface area (Å²) in [6.45, 7) is 7.49. The van der Waals surface area contributed by atoms with Gasteiger partial charge in [0.15, 0.2) is 0 Å². The summed E-state index contributed by atoms with van der Waals surface area (Å²) in [6, 6.07) is 17.4. The van der Waals surface area contributed by atoms with Crippen molar-refractivity contribution in [1.82, 2.24) is 5.32 Å². The van der Waals surface area contributed by atoms with Crippen LogP contribution in [0.4, 0.5) is 0 Å². The molecule has 2 aromatic rings. The Labute approximate surface area is 110 Å². The van der Waals surface area contributed by atoms with Crippen molar-refractivity contribution < 1.29 is 0 Å². The lowest BCUT2D eigenvalue weighted by atomic mass is 10.0. The van der Waals surface area contributed by atoms with Crippen LogP contribution in [0.5, 0.6) is 0 Å². The molecule has 0 aliphatic rings. The third-order valence-corrected chi connectivity index (χ3v) is 3.62. The Morgan fingerprint density at radius 2 is 1.67 bits per heavy atom. The van der Waals surface area contributed by atoms with E-state index in [1.807, 2.05) is 0 Å². The molecule has 2 aromatic carbocycles. The van der Waals surface area contributed by atoms with Gasteiger partial charge in [0.25, 0.3) is 0 Å². The number of rotatable bonds is 4. The van der Waals surface area contributed by atoms with Gasteiger partial charge in [-0.2, -0.15) is 0 Å². The summed E-state index contributed by atoms with van der Waals surface area (Å²) < 4.78 is 0. The number of hydrogen-bond acceptors (Lipinski definition) is 1. The molecule has 0 bridgehead atoms. The first-order valence-corrected chi connectivity index (χ1v) is 6.52. The first-order chi connectivity index (χ1) is 8.68. The van der Waals surface area contributed by atoms with Crippen LogP contribution < -0.4 is 5.32 Å². The van der Waals surface area contributed by atoms with Gasteiger partial charge in [-0.15, -0.1) is 0 Å². The number of benzene rings is 2. The molecule has 1 atom stereocenters. The standard InChI is InChI=1S/C17H21N/c1-13-8-7-11-17(14(13)2)12-18-15(3)16-9-5-4-6-10-16/h4-11,15,18H,12H2,1-3H3/t15-/m0/s1. The zero-order chi connectivity index (χ0) is 13.0. The van der Waals surface area contributed by atoms with Crippen molar-refractivity contribution in [2.75, 3.05) is 0 Å². The molecule has 2 rings (SSSR count). The van der Waals surface area contributed by atoms with Gasteiger partial charge < -0.3 is 5.32 Å². The summed E-state index contributed by atoms with van der Waals surface area (Å²) >= 11 is 0. The lowest BCUT2D eigenvalue weighted by molar-refractivity contribution is 0.573. The fourth-order valence-corrected chi connectivity index (χ4v) is 2.13. The molecule has 0 unspecified atom stereocenters. The molecule has 94 valence electrons. The van der Waals surface area contributed by atoms with E-state index in [4.69, 9.17) is 0 Å². The van der Waals surface area contributed by atoms with Crippen molar-refractivity contribution in [1.29, 1.82) is 0 Å². The quantitative estimate of drug-likeness (QED) is 0.845. The van der Waals surface area contributed by atoms with Crippen LogP contribution in [0.25, 0.3) is 0 Å². The van der Waals surface area contributed by atoms with E-state index in [0.29, 0.717) is 6.04 Å². The van der Waals surface area contributed by atoms with Gasteiger partial charge in [-0.05, 0) is 43.0 Å². The summed E-state index contributed by atoms with van der Waals surface area (Å²) in [5.41, 5.74) is 5.48. The van der Waals surface area contributed by atoms with Crippen LogP contribution in [0, 0.1) is 13.8 Å². The Balaban J connectivity index is 2.02. The van der Waals surface area contributed by atoms with Gasteiger partial charge in [0, 0.05) is 12.6 Å². The largest absolute Gasteiger partial charge is 0.306 e. The summed E-state index contributed by atoms with van der Waals surface area (Å²) in [4.78, 5) is 0. The summed E-state index contributed by atoms with van der Waals surface area (Å²) in [5.74, 6) is 0. The van der Waals surface area contributed by atoms with Crippen molar-refractivity contribution in [2.24, 2.45) is 0 Å². The second-order valence-electron chi connectivity index (χ2n) is 4.87. The molecule has 0 amide bonds. The maximum atomic E-state index is 3.58. The minimum atomic E-state index is 0.381. The van der Waals surface area contributed by atoms with Gasteiger partial charge in [-0.1, -0.05) is 48.5 Å². The van der Waals surface area contributed by atoms with E-state index < -0.39 is 0 Å². The molecule has 0 spiro atoms. The topological polar surface area (TPSA) is 12.0 Å². The molecular weight excluding hydrogens is 218 g/mol. The summed E-state index contributed by atoms with van der Waals surface area (Å²) in [7, 11) is 0. The molecule has 0 heterocycles. The van der Waals surface area contributed by atoms with Gasteiger partial charge in [0.1, 0.15) is 0 Å². The van der Waals surface area contributed by atoms with Crippen molar-refractivity contribution in [3.05, 3.63) is 70.8 Å². The van der Waals surface area contributed by atoms with E-state index in [-0.39, 0.29) is 0 Å². The zero-order valence-corrected chi connectivity index (χ0v) is 11.4. The van der Waals surface area contributed by atoms with Crippen LogP contribution in [0.15, 0.2) is 48.5 Å². The molecule has 0 saturated heterocycles. The highest BCUT2D eigenvalue weighted by atomic mass is 14.9. The maximum absolute atomic E-state index is 3.58. The van der Waals surface area contributed by atoms with Crippen molar-refractivity contribution in [3.63, 3.8) is 0 Å². The fraction of sp³-hybridized carbons (Fsp3) is 0.294. The zero-order valence-electron chi connectivity index (χ0n) is 11.4. The van der Waals surface area contributed by atoms with Crippen LogP contribution in [0.3, 0.4) is 0 Å². The fourth-order valence-electron chi connectivity index (χ4n) is 2.13. The lowest BCUT2D eigenvalue weighted by Crippen LogP contribution is -2.18. The second kappa shape index (κ2) is 5.83. The van der Waals surface area contributed by atoms with Gasteiger partial charge in [0.05, 0.1) is 0 Å². The monoisotopic (exact) mass is 239 g/mol. The van der Waals surface area contributed by atoms with Crippen LogP contribution in [0.2, 0.25) is 0 Å². The minimum absolute atomic E-state index is 0.381. The van der Waals surface area contributed by atoms with E-state index >= 15 is 0 Å². The van der Waals surface area contributed by atoms with Crippen molar-refractivity contribution in [2.45, 2.75) is 33.4 Å². The molecule has 0 radical (unpaired) electrons. The molecule has 18 heavy (non-hydrogen) atoms. The molecule has 0 fully saturated rings. The van der Waals surface area contributed by atoms with E-state index in [2.05, 4.69) is 74.6 Å². The Morgan fingerprint density at radius 3 is 2.39 bits per heavy atom. The van der Waals surface area contributed by atoms with Crippen LogP contribution in [-0.4, -0.2) is 0 Å². The average molecular weight is 239 g/mol. The molecule has 1 nitrogen and oxygen atoms in total. The molecule has 0 aliphatic carbocycles. The molecule has 0 aliphatic heterocycles. The third-order valence-electron chi connectivity index (χ3n) is 3.62. The smallest absolute Gasteiger partial charge is 0.0294 e. The first-order valence-electron chi connectivity index (χ1n) is 6.52. The van der Waals surface area contributed by atoms with Crippen LogP contribution in [0.1, 0.15) is 35.2 Å². The van der Waals surface area contributed by atoms with E-state index in [0.717, 1.165) is 6.54 Å². The highest BCUT2D eigenvalue weighted by molar-refractivity contribution is 5.33. The molecule has 1 N–H and O–H groups in total. The van der Waals surface area contributed by atoms with Crippen LogP contribution in [-0.2, 0) is 6.54 Å². The van der Waals surface area contributed by atoms with Crippen molar-refractivity contribution >= 4 is 0 Å². The highest BCUT2D eigenvalue weighted by Crippen LogP contribution is 2.15. The van der Waals surface area contributed by atoms with Gasteiger partial charge in [0.2, 0.25) is 0 Å². The van der Waals surface area contributed by atoms with E-state index in [1.54, 1.807) is 0 Å². The molecule has 1 heteroatoms. The second-order valence-corrected chi connectivity index (χ2v) is 4.87. The lowest BCUT2D eigenvalue weighted by Gasteiger charge is -2.16. The molecular formula is C17H21N. The highest BCUT2D eigenvalue weighted by Gasteiger charge is 2.05. The summed E-state index contributed by atoms with van der Waals surface area (Å²) in [5, 5.41) is 3.58. The van der Waals surface area contributed by atoms with Gasteiger partial charge in [-0.25, -0.2) is 0 Å². The number of nitrogens with one attached hydrogen (secondary N) is 1. The van der Waals surface area contributed by atoms with Crippen LogP contribution >= 0.6 is 0 Å². The maximum Gasteiger partial charge on any atom is 0.0294 e. The molecule has 0 aromatic heterocycles. The Kier molecular flexibility index (Phi) is 4.16. The Morgan fingerprint density at radius 1 is 0.944 bits per heavy atom. The average Bonchev–Trinajstić information content (AvgIpc) is 2.41. The summed E-state index contributed by atoms with van der Waals surface area (Å²) in [6.07, 6.45) is 0. The Hall–Kier alpha value is -1.60. The SMILES string of the molecule is Cc1cccc(CN[C@@H](C)c2ccccc2)c1C. The predicted molar refractivity (Wildman–Crippen MR) is 77.6 cm³/mol. The van der Waals surface area contributed by atoms with E-state index in [9.17, 15) is 0 Å². The third kappa shape index (κ3) is 2.99. The van der Waals surface area contributed by atoms with Gasteiger partial charge in [-0.3, -0.25) is 0 Å². The molecule has 0 saturated carbocycles. The normalized spacial score (nSPS) is 12.4. The number of aryl methyl sites for hydroxylation is 1. The minimum Gasteiger partial charge on any atom is -0.306 e. The predicted octanol–water partition coefficient (Wildman–Crippen LogP) is 4.15. The first kappa shape index (κ1) is 12.8. The van der Waals surface area contributed by atoms with Gasteiger partial charge >= 0.3 is 0 Å². The van der Waals surface area contributed by atoms with E-state index in [1.165, 1.54) is 22.3 Å².